The zero-order chi connectivity index (χ0) is 14.3. The van der Waals surface area contributed by atoms with Gasteiger partial charge in [0.1, 0.15) is 23.3 Å². The fraction of sp³-hybridized carbons (Fsp3) is 0. The standard InChI is InChI=1S/C14H6F4S2/c15-9-1-3-19-13(9)7-5-12(18)8(6-11(7)17)14-10(16)2-4-20-14/h1-6H. The van der Waals surface area contributed by atoms with Crippen molar-refractivity contribution in [3.63, 3.8) is 0 Å². The third-order valence-electron chi connectivity index (χ3n) is 2.78. The van der Waals surface area contributed by atoms with E-state index in [0.29, 0.717) is 0 Å². The highest BCUT2D eigenvalue weighted by Crippen LogP contribution is 2.36. The number of hydrogen-bond donors (Lipinski definition) is 0. The van der Waals surface area contributed by atoms with Gasteiger partial charge in [-0.3, -0.25) is 0 Å². The van der Waals surface area contributed by atoms with E-state index < -0.39 is 23.3 Å². The zero-order valence-electron chi connectivity index (χ0n) is 9.79. The molecule has 0 spiro atoms. The van der Waals surface area contributed by atoms with Gasteiger partial charge in [0.2, 0.25) is 0 Å². The van der Waals surface area contributed by atoms with E-state index in [1.807, 2.05) is 0 Å². The quantitative estimate of drug-likeness (QED) is 0.532. The lowest BCUT2D eigenvalue weighted by atomic mass is 10.1. The van der Waals surface area contributed by atoms with Crippen LogP contribution in [0.3, 0.4) is 0 Å². The number of halogens is 4. The van der Waals surface area contributed by atoms with Gasteiger partial charge in [-0.1, -0.05) is 0 Å². The maximum Gasteiger partial charge on any atom is 0.141 e. The molecule has 1 aromatic carbocycles. The van der Waals surface area contributed by atoms with Crippen molar-refractivity contribution >= 4 is 22.7 Å². The zero-order valence-corrected chi connectivity index (χ0v) is 11.4. The lowest BCUT2D eigenvalue weighted by Crippen LogP contribution is -1.91. The maximum absolute atomic E-state index is 14.1. The molecule has 0 amide bonds. The van der Waals surface area contributed by atoms with Gasteiger partial charge in [0.15, 0.2) is 0 Å². The Balaban J connectivity index is 2.17. The van der Waals surface area contributed by atoms with Gasteiger partial charge in [0.05, 0.1) is 9.75 Å². The molecule has 0 bridgehead atoms. The Morgan fingerprint density at radius 3 is 1.30 bits per heavy atom. The van der Waals surface area contributed by atoms with Gasteiger partial charge >= 0.3 is 0 Å². The molecule has 0 fully saturated rings. The molecule has 0 saturated heterocycles. The molecule has 3 rings (SSSR count). The molecule has 2 heterocycles. The molecule has 0 unspecified atom stereocenters. The minimum Gasteiger partial charge on any atom is -0.206 e. The topological polar surface area (TPSA) is 0 Å². The van der Waals surface area contributed by atoms with Crippen LogP contribution in [-0.2, 0) is 0 Å². The van der Waals surface area contributed by atoms with E-state index in [2.05, 4.69) is 0 Å². The summed E-state index contributed by atoms with van der Waals surface area (Å²) in [5, 5.41) is 2.91. The SMILES string of the molecule is Fc1cc(-c2sccc2F)c(F)cc1-c1sccc1F. The average Bonchev–Trinajstić information content (AvgIpc) is 3.01. The van der Waals surface area contributed by atoms with Crippen molar-refractivity contribution in [2.45, 2.75) is 0 Å². The summed E-state index contributed by atoms with van der Waals surface area (Å²) in [6.45, 7) is 0. The summed E-state index contributed by atoms with van der Waals surface area (Å²) in [6, 6.07) is 4.17. The lowest BCUT2D eigenvalue weighted by Gasteiger charge is -2.06. The van der Waals surface area contributed by atoms with Gasteiger partial charge in [0, 0.05) is 11.1 Å². The number of rotatable bonds is 2. The summed E-state index contributed by atoms with van der Waals surface area (Å²) in [5.74, 6) is -2.78. The van der Waals surface area contributed by atoms with E-state index in [1.165, 1.54) is 22.9 Å². The molecule has 0 aliphatic rings. The number of benzene rings is 1. The van der Waals surface area contributed by atoms with Crippen molar-refractivity contribution in [3.8, 4) is 20.9 Å². The molecule has 0 radical (unpaired) electrons. The van der Waals surface area contributed by atoms with Crippen LogP contribution < -0.4 is 0 Å². The molecule has 0 nitrogen and oxygen atoms in total. The molecule has 0 saturated carbocycles. The minimum absolute atomic E-state index is 0.0274. The molecule has 2 aromatic heterocycles. The molecule has 102 valence electrons. The summed E-state index contributed by atoms with van der Waals surface area (Å²) < 4.78 is 55.0. The van der Waals surface area contributed by atoms with Gasteiger partial charge in [-0.05, 0) is 35.0 Å². The van der Waals surface area contributed by atoms with Gasteiger partial charge < -0.3 is 0 Å². The average molecular weight is 314 g/mol. The summed E-state index contributed by atoms with van der Waals surface area (Å²) in [5.41, 5.74) is -0.313. The van der Waals surface area contributed by atoms with Crippen molar-refractivity contribution in [1.82, 2.24) is 0 Å². The van der Waals surface area contributed by atoms with Crippen LogP contribution in [-0.4, -0.2) is 0 Å². The molecular formula is C14H6F4S2. The summed E-state index contributed by atoms with van der Waals surface area (Å²) in [6.07, 6.45) is 0. The Kier molecular flexibility index (Phi) is 3.35. The van der Waals surface area contributed by atoms with Crippen LogP contribution in [0.4, 0.5) is 17.6 Å². The van der Waals surface area contributed by atoms with E-state index in [4.69, 9.17) is 0 Å². The number of thiophene rings is 2. The van der Waals surface area contributed by atoms with Crippen molar-refractivity contribution < 1.29 is 17.6 Å². The molecule has 0 aliphatic carbocycles. The van der Waals surface area contributed by atoms with Crippen molar-refractivity contribution in [2.75, 3.05) is 0 Å². The first-order valence-electron chi connectivity index (χ1n) is 5.53. The fourth-order valence-electron chi connectivity index (χ4n) is 1.87. The molecule has 6 heteroatoms. The van der Waals surface area contributed by atoms with Crippen molar-refractivity contribution in [3.05, 3.63) is 58.3 Å². The third-order valence-corrected chi connectivity index (χ3v) is 4.63. The summed E-state index contributed by atoms with van der Waals surface area (Å²) in [7, 11) is 0. The van der Waals surface area contributed by atoms with Crippen LogP contribution in [0.1, 0.15) is 0 Å². The van der Waals surface area contributed by atoms with E-state index >= 15 is 0 Å². The molecular weight excluding hydrogens is 308 g/mol. The van der Waals surface area contributed by atoms with Gasteiger partial charge in [-0.2, -0.15) is 0 Å². The van der Waals surface area contributed by atoms with Crippen LogP contribution in [0, 0.1) is 23.3 Å². The predicted octanol–water partition coefficient (Wildman–Crippen LogP) is 5.70. The molecule has 20 heavy (non-hydrogen) atoms. The maximum atomic E-state index is 14.1. The Labute approximate surface area is 119 Å². The van der Waals surface area contributed by atoms with E-state index in [-0.39, 0.29) is 20.9 Å². The monoisotopic (exact) mass is 314 g/mol. The van der Waals surface area contributed by atoms with E-state index in [1.54, 1.807) is 0 Å². The molecule has 0 N–H and O–H groups in total. The highest BCUT2D eigenvalue weighted by atomic mass is 32.1. The molecule has 0 aliphatic heterocycles. The third kappa shape index (κ3) is 2.14. The van der Waals surface area contributed by atoms with Crippen LogP contribution in [0.15, 0.2) is 35.0 Å². The smallest absolute Gasteiger partial charge is 0.141 e. The van der Waals surface area contributed by atoms with Crippen LogP contribution in [0.5, 0.6) is 0 Å². The fourth-order valence-corrected chi connectivity index (χ4v) is 3.44. The minimum atomic E-state index is -0.782. The first kappa shape index (κ1) is 13.3. The van der Waals surface area contributed by atoms with Gasteiger partial charge in [-0.25, -0.2) is 17.6 Å². The second kappa shape index (κ2) is 5.03. The Bertz CT molecular complexity index is 707. The number of hydrogen-bond acceptors (Lipinski definition) is 2. The molecule has 0 atom stereocenters. The molecule has 3 aromatic rings. The van der Waals surface area contributed by atoms with Crippen molar-refractivity contribution in [1.29, 1.82) is 0 Å². The second-order valence-corrected chi connectivity index (χ2v) is 5.84. The van der Waals surface area contributed by atoms with Crippen LogP contribution >= 0.6 is 22.7 Å². The first-order chi connectivity index (χ1) is 9.58. The summed E-state index contributed by atoms with van der Waals surface area (Å²) >= 11 is 1.96. The van der Waals surface area contributed by atoms with E-state index in [0.717, 1.165) is 34.8 Å². The van der Waals surface area contributed by atoms with Gasteiger partial charge in [-0.15, -0.1) is 22.7 Å². The predicted molar refractivity (Wildman–Crippen MR) is 72.9 cm³/mol. The lowest BCUT2D eigenvalue weighted by molar-refractivity contribution is 0.599. The Morgan fingerprint density at radius 2 is 1.00 bits per heavy atom. The summed E-state index contributed by atoms with van der Waals surface area (Å²) in [4.78, 5) is 0.0548. The Morgan fingerprint density at radius 1 is 0.600 bits per heavy atom. The largest absolute Gasteiger partial charge is 0.206 e. The van der Waals surface area contributed by atoms with Crippen LogP contribution in [0.2, 0.25) is 0 Å². The first-order valence-corrected chi connectivity index (χ1v) is 7.29. The highest BCUT2D eigenvalue weighted by molar-refractivity contribution is 7.14. The van der Waals surface area contributed by atoms with E-state index in [9.17, 15) is 17.6 Å². The van der Waals surface area contributed by atoms with Crippen LogP contribution in [0.25, 0.3) is 20.9 Å². The Hall–Kier alpha value is -1.66. The normalized spacial score (nSPS) is 11.0. The second-order valence-electron chi connectivity index (χ2n) is 4.01. The highest BCUT2D eigenvalue weighted by Gasteiger charge is 2.18. The van der Waals surface area contributed by atoms with Gasteiger partial charge in [0.25, 0.3) is 0 Å². The van der Waals surface area contributed by atoms with Crippen molar-refractivity contribution in [2.24, 2.45) is 0 Å².